The third-order valence-corrected chi connectivity index (χ3v) is 12.1. The topological polar surface area (TPSA) is 38.9 Å². The second-order valence-corrected chi connectivity index (χ2v) is 19.9. The summed E-state index contributed by atoms with van der Waals surface area (Å²) in [6, 6.07) is 51.9. The normalized spacial score (nSPS) is 13.8. The van der Waals surface area contributed by atoms with Crippen LogP contribution in [0, 0.1) is 18.1 Å². The van der Waals surface area contributed by atoms with E-state index < -0.39 is 14.4 Å². The van der Waals surface area contributed by atoms with Crippen LogP contribution < -0.4 is 5.19 Å². The van der Waals surface area contributed by atoms with Gasteiger partial charge in [-0.25, -0.2) is 0 Å². The van der Waals surface area contributed by atoms with Gasteiger partial charge in [0.05, 0.1) is 13.7 Å². The summed E-state index contributed by atoms with van der Waals surface area (Å²) >= 11 is 0. The summed E-state index contributed by atoms with van der Waals surface area (Å²) in [7, 11) is -1.23. The Morgan fingerprint density at radius 2 is 1.48 bits per heavy atom. The molecule has 0 saturated heterocycles. The molecule has 1 aliphatic rings. The molecule has 271 valence electrons. The smallest absolute Gasteiger partial charge is 0.124 e. The van der Waals surface area contributed by atoms with E-state index in [1.165, 1.54) is 16.3 Å². The number of hydrogen-bond acceptors (Lipinski definition) is 3. The fourth-order valence-corrected chi connectivity index (χ4v) is 8.18. The quantitative estimate of drug-likeness (QED) is 0.118. The second kappa shape index (κ2) is 16.6. The van der Waals surface area contributed by atoms with Crippen molar-refractivity contribution in [1.82, 2.24) is 9.97 Å². The molecule has 9 rings (SSSR count). The molecule has 0 atom stereocenters. The van der Waals surface area contributed by atoms with Crippen LogP contribution in [0.3, 0.4) is 0 Å². The Kier molecular flexibility index (Phi) is 10.7. The first-order valence-corrected chi connectivity index (χ1v) is 22.1. The molecule has 0 unspecified atom stereocenters. The number of aromatic nitrogens is 2. The van der Waals surface area contributed by atoms with Crippen molar-refractivity contribution in [3.63, 3.8) is 0 Å². The Balaban J connectivity index is 0.000000238. The van der Waals surface area contributed by atoms with Gasteiger partial charge in [-0.3, -0.25) is 0 Å². The van der Waals surface area contributed by atoms with Gasteiger partial charge < -0.3 is 14.4 Å². The molecule has 1 fully saturated rings. The van der Waals surface area contributed by atoms with E-state index in [2.05, 4.69) is 115 Å². The van der Waals surface area contributed by atoms with E-state index in [0.29, 0.717) is 16.8 Å². The van der Waals surface area contributed by atoms with Gasteiger partial charge in [0, 0.05) is 35.2 Å². The molecule has 3 heterocycles. The van der Waals surface area contributed by atoms with Gasteiger partial charge in [-0.1, -0.05) is 147 Å². The summed E-state index contributed by atoms with van der Waals surface area (Å²) in [5.74, 6) is 0.0646. The first kappa shape index (κ1) is 34.8. The van der Waals surface area contributed by atoms with E-state index in [1.807, 2.05) is 66.9 Å². The zero-order valence-corrected chi connectivity index (χ0v) is 34.3. The fraction of sp³-hybridized carbons (Fsp3) is 0.184. The molecule has 5 aromatic carbocycles. The monoisotopic (exact) mass is 899 g/mol. The summed E-state index contributed by atoms with van der Waals surface area (Å²) in [5, 5.41) is 3.48. The third-order valence-electron chi connectivity index (χ3n) is 10.1. The predicted molar refractivity (Wildman–Crippen MR) is 224 cm³/mol. The predicted octanol–water partition coefficient (Wildman–Crippen LogP) is 12.6. The van der Waals surface area contributed by atoms with Gasteiger partial charge in [-0.2, -0.15) is 0 Å². The standard InChI is InChI=1S/C35H28NO.C14H16NSi.Ir/c1-2-9-26(10-3-1)27-13-15-28(16-14-27)30-11-6-12-33-35(30)31-18-17-29(23-34(31)37-33)32-22-25(19-20-36-32)21-24-7-4-5-8-24;1-16(2,3)13-9-10-14(15-11-13)12-7-5-4-6-8-12;/h1-3,6,9-20,22,24H,4-5,7-8,21H2;4-7,9-11H,1-3H3;/q2*-1;/i21D2;;. The molecular formula is C49H44IrN2OSi-2. The summed E-state index contributed by atoms with van der Waals surface area (Å²) in [6.07, 6.45) is 6.48. The van der Waals surface area contributed by atoms with Crippen molar-refractivity contribution in [1.29, 1.82) is 0 Å². The van der Waals surface area contributed by atoms with Crippen molar-refractivity contribution in [2.75, 3.05) is 0 Å². The average molecular weight is 899 g/mol. The SMILES string of the molecule is C[Si](C)(C)c1ccc(-c2[c-]cccc2)nc1.[2H]C([2H])(c1ccnc(-c2[c-]c3oc4cccc(-c5ccc(-c6ccccc6)cc5)c4c3cc2)c1)C1CCCC1.[Ir]. The minimum Gasteiger partial charge on any atom is -0.477 e. The number of benzene rings is 5. The Morgan fingerprint density at radius 1 is 0.722 bits per heavy atom. The number of rotatable bonds is 7. The summed E-state index contributed by atoms with van der Waals surface area (Å²) in [6.45, 7) is 7.00. The molecule has 1 saturated carbocycles. The van der Waals surface area contributed by atoms with Crippen LogP contribution in [0.4, 0.5) is 0 Å². The van der Waals surface area contributed by atoms with Crippen molar-refractivity contribution in [2.45, 2.75) is 51.7 Å². The Morgan fingerprint density at radius 3 is 2.20 bits per heavy atom. The van der Waals surface area contributed by atoms with E-state index in [1.54, 1.807) is 6.20 Å². The number of pyridine rings is 2. The first-order valence-electron chi connectivity index (χ1n) is 19.6. The number of furan rings is 1. The maximum absolute atomic E-state index is 8.81. The molecule has 0 aliphatic heterocycles. The van der Waals surface area contributed by atoms with Crippen molar-refractivity contribution in [3.05, 3.63) is 164 Å². The number of nitrogens with zero attached hydrogens (tertiary/aromatic N) is 2. The Labute approximate surface area is 336 Å². The van der Waals surface area contributed by atoms with Crippen LogP contribution in [0.2, 0.25) is 19.6 Å². The van der Waals surface area contributed by atoms with Gasteiger partial charge in [0.15, 0.2) is 0 Å². The maximum atomic E-state index is 8.81. The van der Waals surface area contributed by atoms with E-state index in [-0.39, 0.29) is 26.0 Å². The van der Waals surface area contributed by atoms with E-state index >= 15 is 0 Å². The molecule has 8 aromatic rings. The zero-order valence-electron chi connectivity index (χ0n) is 32.9. The van der Waals surface area contributed by atoms with Gasteiger partial charge in [0.1, 0.15) is 5.58 Å². The minimum atomic E-state index is -1.36. The molecule has 0 spiro atoms. The minimum absolute atomic E-state index is 0. The van der Waals surface area contributed by atoms with Gasteiger partial charge in [0.2, 0.25) is 0 Å². The van der Waals surface area contributed by atoms with Crippen LogP contribution in [-0.2, 0) is 26.5 Å². The van der Waals surface area contributed by atoms with Crippen molar-refractivity contribution < 1.29 is 27.3 Å². The number of hydrogen-bond donors (Lipinski definition) is 0. The third kappa shape index (κ3) is 8.40. The van der Waals surface area contributed by atoms with Crippen molar-refractivity contribution >= 4 is 35.2 Å². The summed E-state index contributed by atoms with van der Waals surface area (Å²) < 4.78 is 23.9. The molecule has 54 heavy (non-hydrogen) atoms. The molecule has 3 aromatic heterocycles. The van der Waals surface area contributed by atoms with E-state index in [0.717, 1.165) is 70.0 Å². The summed E-state index contributed by atoms with van der Waals surface area (Å²) in [5.41, 5.74) is 10.4. The van der Waals surface area contributed by atoms with E-state index in [4.69, 9.17) is 7.16 Å². The Hall–Kier alpha value is -4.93. The van der Waals surface area contributed by atoms with Crippen molar-refractivity contribution in [2.24, 2.45) is 5.92 Å². The molecule has 0 bridgehead atoms. The van der Waals surface area contributed by atoms with Gasteiger partial charge in [0.25, 0.3) is 0 Å². The van der Waals surface area contributed by atoms with Crippen LogP contribution in [-0.4, -0.2) is 18.0 Å². The molecule has 1 radical (unpaired) electrons. The zero-order chi connectivity index (χ0) is 38.0. The molecule has 1 aliphatic carbocycles. The fourth-order valence-electron chi connectivity index (χ4n) is 7.14. The molecular weight excluding hydrogens is 853 g/mol. The molecule has 0 N–H and O–H groups in total. The average Bonchev–Trinajstić information content (AvgIpc) is 3.91. The second-order valence-electron chi connectivity index (χ2n) is 14.9. The van der Waals surface area contributed by atoms with Crippen molar-refractivity contribution in [3.8, 4) is 44.8 Å². The summed E-state index contributed by atoms with van der Waals surface area (Å²) in [4.78, 5) is 9.09. The largest absolute Gasteiger partial charge is 0.477 e. The van der Waals surface area contributed by atoms with Crippen LogP contribution in [0.25, 0.3) is 66.7 Å². The Bertz CT molecular complexity index is 2540. The van der Waals surface area contributed by atoms with Gasteiger partial charge in [-0.15, -0.1) is 53.6 Å². The van der Waals surface area contributed by atoms with Crippen LogP contribution in [0.5, 0.6) is 0 Å². The van der Waals surface area contributed by atoms with Gasteiger partial charge >= 0.3 is 0 Å². The van der Waals surface area contributed by atoms with Crippen LogP contribution >= 0.6 is 0 Å². The van der Waals surface area contributed by atoms with Crippen LogP contribution in [0.1, 0.15) is 34.0 Å². The molecule has 0 amide bonds. The van der Waals surface area contributed by atoms with Crippen LogP contribution in [0.15, 0.2) is 150 Å². The first-order chi connectivity index (χ1) is 26.6. The molecule has 5 heteroatoms. The van der Waals surface area contributed by atoms with Gasteiger partial charge in [-0.05, 0) is 68.6 Å². The van der Waals surface area contributed by atoms with E-state index in [9.17, 15) is 0 Å². The molecule has 3 nitrogen and oxygen atoms in total. The number of fused-ring (bicyclic) bond motifs is 3. The maximum Gasteiger partial charge on any atom is 0.124 e.